The number of nitrogens with one attached hydrogen (secondary N) is 1. The number of nitrogens with zero attached hydrogens (tertiary/aromatic N) is 2. The first kappa shape index (κ1) is 17.7. The minimum absolute atomic E-state index is 0.192. The van der Waals surface area contributed by atoms with Crippen LogP contribution in [-0.2, 0) is 11.2 Å². The average Bonchev–Trinajstić information content (AvgIpc) is 3.05. The van der Waals surface area contributed by atoms with Gasteiger partial charge in [-0.15, -0.1) is 0 Å². The zero-order chi connectivity index (χ0) is 17.8. The van der Waals surface area contributed by atoms with E-state index in [0.29, 0.717) is 38.9 Å². The first-order valence-corrected chi connectivity index (χ1v) is 8.48. The Morgan fingerprint density at radius 3 is 2.68 bits per heavy atom. The van der Waals surface area contributed by atoms with Crippen molar-refractivity contribution in [2.24, 2.45) is 0 Å². The highest BCUT2D eigenvalue weighted by Gasteiger charge is 2.11. The summed E-state index contributed by atoms with van der Waals surface area (Å²) in [5.74, 6) is 0.613. The van der Waals surface area contributed by atoms with E-state index in [0.717, 1.165) is 5.56 Å². The van der Waals surface area contributed by atoms with E-state index in [9.17, 15) is 4.79 Å². The number of halogens is 3. The van der Waals surface area contributed by atoms with Crippen molar-refractivity contribution in [1.82, 2.24) is 10.1 Å². The van der Waals surface area contributed by atoms with Crippen molar-refractivity contribution in [2.75, 3.05) is 5.32 Å². The largest absolute Gasteiger partial charge is 0.339 e. The van der Waals surface area contributed by atoms with Gasteiger partial charge in [-0.25, -0.2) is 0 Å². The molecule has 1 N–H and O–H groups in total. The molecule has 2 aromatic carbocycles. The van der Waals surface area contributed by atoms with Crippen molar-refractivity contribution in [1.29, 1.82) is 0 Å². The van der Waals surface area contributed by atoms with Crippen LogP contribution in [0.15, 0.2) is 47.0 Å². The van der Waals surface area contributed by atoms with Gasteiger partial charge in [0.1, 0.15) is 0 Å². The maximum atomic E-state index is 12.0. The van der Waals surface area contributed by atoms with Gasteiger partial charge < -0.3 is 9.84 Å². The van der Waals surface area contributed by atoms with Crippen molar-refractivity contribution in [3.63, 3.8) is 0 Å². The number of anilines is 1. The maximum Gasteiger partial charge on any atom is 0.227 e. The van der Waals surface area contributed by atoms with Crippen LogP contribution in [0.4, 0.5) is 5.69 Å². The molecule has 1 heterocycles. The van der Waals surface area contributed by atoms with Crippen molar-refractivity contribution in [2.45, 2.75) is 12.8 Å². The molecule has 1 aromatic heterocycles. The summed E-state index contributed by atoms with van der Waals surface area (Å²) in [5.41, 5.74) is 1.33. The molecule has 128 valence electrons. The molecule has 0 saturated carbocycles. The van der Waals surface area contributed by atoms with E-state index in [2.05, 4.69) is 15.5 Å². The highest BCUT2D eigenvalue weighted by atomic mass is 35.5. The van der Waals surface area contributed by atoms with Crippen LogP contribution in [0.1, 0.15) is 12.3 Å². The Labute approximate surface area is 158 Å². The Hall–Kier alpha value is -2.08. The first-order valence-electron chi connectivity index (χ1n) is 7.35. The molecule has 0 aliphatic heterocycles. The van der Waals surface area contributed by atoms with Gasteiger partial charge in [-0.3, -0.25) is 4.79 Å². The van der Waals surface area contributed by atoms with E-state index < -0.39 is 0 Å². The van der Waals surface area contributed by atoms with Crippen LogP contribution >= 0.6 is 34.8 Å². The SMILES string of the molecule is O=C(CCc1nc(-c2cccc(Cl)c2)no1)Nc1ccc(Cl)c(Cl)c1. The highest BCUT2D eigenvalue weighted by Crippen LogP contribution is 2.25. The Balaban J connectivity index is 1.58. The molecule has 0 fully saturated rings. The van der Waals surface area contributed by atoms with Gasteiger partial charge in [0.25, 0.3) is 0 Å². The zero-order valence-electron chi connectivity index (χ0n) is 12.8. The summed E-state index contributed by atoms with van der Waals surface area (Å²) in [7, 11) is 0. The molecular weight excluding hydrogens is 385 g/mol. The number of carbonyl (C=O) groups is 1. The van der Waals surface area contributed by atoms with E-state index in [-0.39, 0.29) is 12.3 Å². The van der Waals surface area contributed by atoms with Crippen LogP contribution in [0, 0.1) is 0 Å². The van der Waals surface area contributed by atoms with Crippen molar-refractivity contribution in [3.8, 4) is 11.4 Å². The number of benzene rings is 2. The lowest BCUT2D eigenvalue weighted by molar-refractivity contribution is -0.116. The van der Waals surface area contributed by atoms with Gasteiger partial charge in [0.15, 0.2) is 0 Å². The van der Waals surface area contributed by atoms with Crippen molar-refractivity contribution >= 4 is 46.4 Å². The van der Waals surface area contributed by atoms with E-state index in [1.54, 1.807) is 36.4 Å². The third-order valence-electron chi connectivity index (χ3n) is 3.32. The molecule has 0 atom stereocenters. The van der Waals surface area contributed by atoms with Crippen LogP contribution in [-0.4, -0.2) is 16.0 Å². The normalized spacial score (nSPS) is 10.7. The lowest BCUT2D eigenvalue weighted by atomic mass is 10.2. The topological polar surface area (TPSA) is 68.0 Å². The molecule has 0 unspecified atom stereocenters. The fourth-order valence-electron chi connectivity index (χ4n) is 2.12. The molecule has 0 aliphatic carbocycles. The number of rotatable bonds is 5. The summed E-state index contributed by atoms with van der Waals surface area (Å²) in [6.45, 7) is 0. The molecule has 8 heteroatoms. The van der Waals surface area contributed by atoms with Crippen LogP contribution in [0.5, 0.6) is 0 Å². The van der Waals surface area contributed by atoms with E-state index in [1.165, 1.54) is 0 Å². The number of carbonyl (C=O) groups excluding carboxylic acids is 1. The van der Waals surface area contributed by atoms with Crippen molar-refractivity contribution in [3.05, 3.63) is 63.4 Å². The van der Waals surface area contributed by atoms with Crippen LogP contribution < -0.4 is 5.32 Å². The zero-order valence-corrected chi connectivity index (χ0v) is 15.1. The smallest absolute Gasteiger partial charge is 0.227 e. The number of hydrogen-bond acceptors (Lipinski definition) is 4. The van der Waals surface area contributed by atoms with E-state index in [4.69, 9.17) is 39.3 Å². The predicted molar refractivity (Wildman–Crippen MR) is 98.2 cm³/mol. The van der Waals surface area contributed by atoms with Crippen LogP contribution in [0.25, 0.3) is 11.4 Å². The van der Waals surface area contributed by atoms with Gasteiger partial charge in [0.05, 0.1) is 10.0 Å². The van der Waals surface area contributed by atoms with E-state index >= 15 is 0 Å². The van der Waals surface area contributed by atoms with Gasteiger partial charge >= 0.3 is 0 Å². The molecule has 0 aliphatic rings. The minimum atomic E-state index is -0.194. The molecule has 0 spiro atoms. The molecule has 5 nitrogen and oxygen atoms in total. The maximum absolute atomic E-state index is 12.0. The molecule has 0 radical (unpaired) electrons. The molecule has 1 amide bonds. The number of aryl methyl sites for hydroxylation is 1. The fraction of sp³-hybridized carbons (Fsp3) is 0.118. The van der Waals surface area contributed by atoms with Crippen molar-refractivity contribution < 1.29 is 9.32 Å². The second kappa shape index (κ2) is 7.87. The lowest BCUT2D eigenvalue weighted by Crippen LogP contribution is -2.12. The third kappa shape index (κ3) is 4.72. The Morgan fingerprint density at radius 1 is 1.08 bits per heavy atom. The van der Waals surface area contributed by atoms with E-state index in [1.807, 2.05) is 6.07 Å². The molecule has 0 bridgehead atoms. The van der Waals surface area contributed by atoms with Gasteiger partial charge in [0, 0.05) is 29.1 Å². The summed E-state index contributed by atoms with van der Waals surface area (Å²) in [6, 6.07) is 12.0. The fourth-order valence-corrected chi connectivity index (χ4v) is 2.61. The summed E-state index contributed by atoms with van der Waals surface area (Å²) < 4.78 is 5.17. The Morgan fingerprint density at radius 2 is 1.92 bits per heavy atom. The minimum Gasteiger partial charge on any atom is -0.339 e. The van der Waals surface area contributed by atoms with Gasteiger partial charge in [-0.1, -0.05) is 52.1 Å². The average molecular weight is 397 g/mol. The number of hydrogen-bond donors (Lipinski definition) is 1. The van der Waals surface area contributed by atoms with Crippen LogP contribution in [0.2, 0.25) is 15.1 Å². The second-order valence-electron chi connectivity index (χ2n) is 5.20. The standard InChI is InChI=1S/C17H12Cl3N3O2/c18-11-3-1-2-10(8-11)17-22-16(25-23-17)7-6-15(24)21-12-4-5-13(19)14(20)9-12/h1-5,8-9H,6-7H2,(H,21,24). The quantitative estimate of drug-likeness (QED) is 0.638. The predicted octanol–water partition coefficient (Wildman–Crippen LogP) is 5.27. The number of amides is 1. The van der Waals surface area contributed by atoms with Gasteiger partial charge in [-0.05, 0) is 30.3 Å². The summed E-state index contributed by atoms with van der Waals surface area (Å²) in [4.78, 5) is 16.3. The Kier molecular flexibility index (Phi) is 5.58. The monoisotopic (exact) mass is 395 g/mol. The summed E-state index contributed by atoms with van der Waals surface area (Å²) in [6.07, 6.45) is 0.512. The molecular formula is C17H12Cl3N3O2. The highest BCUT2D eigenvalue weighted by molar-refractivity contribution is 6.42. The molecule has 3 aromatic rings. The summed E-state index contributed by atoms with van der Waals surface area (Å²) >= 11 is 17.7. The molecule has 0 saturated heterocycles. The third-order valence-corrected chi connectivity index (χ3v) is 4.29. The molecule has 25 heavy (non-hydrogen) atoms. The first-order chi connectivity index (χ1) is 12.0. The Bertz CT molecular complexity index is 912. The lowest BCUT2D eigenvalue weighted by Gasteiger charge is -2.05. The summed E-state index contributed by atoms with van der Waals surface area (Å²) in [5, 5.41) is 8.03. The second-order valence-corrected chi connectivity index (χ2v) is 6.45. The van der Waals surface area contributed by atoms with Gasteiger partial charge in [-0.2, -0.15) is 4.98 Å². The van der Waals surface area contributed by atoms with Gasteiger partial charge in [0.2, 0.25) is 17.6 Å². The van der Waals surface area contributed by atoms with Crippen LogP contribution in [0.3, 0.4) is 0 Å². The number of aromatic nitrogens is 2. The molecule has 3 rings (SSSR count).